The van der Waals surface area contributed by atoms with Gasteiger partial charge in [-0.3, -0.25) is 4.79 Å². The average Bonchev–Trinajstić information content (AvgIpc) is 2.44. The molecule has 0 aromatic heterocycles. The van der Waals surface area contributed by atoms with Gasteiger partial charge in [0.1, 0.15) is 6.61 Å². The number of benzene rings is 1. The fourth-order valence-electron chi connectivity index (χ4n) is 1.47. The first-order chi connectivity index (χ1) is 9.56. The SMILES string of the molecule is CCCCOC(=O)c1ccccc1C(=O)OCC(C)=O. The number of esters is 2. The van der Waals surface area contributed by atoms with Crippen LogP contribution in [0.4, 0.5) is 0 Å². The van der Waals surface area contributed by atoms with Crippen molar-refractivity contribution in [1.29, 1.82) is 0 Å². The standard InChI is InChI=1S/C15H18O5/c1-3-4-9-19-14(17)12-7-5-6-8-13(12)15(18)20-10-11(2)16/h5-8H,3-4,9-10H2,1-2H3. The third kappa shape index (κ3) is 4.84. The van der Waals surface area contributed by atoms with E-state index in [0.717, 1.165) is 12.8 Å². The van der Waals surface area contributed by atoms with Crippen molar-refractivity contribution < 1.29 is 23.9 Å². The van der Waals surface area contributed by atoms with Gasteiger partial charge in [-0.2, -0.15) is 0 Å². The molecule has 1 aromatic carbocycles. The second-order valence-corrected chi connectivity index (χ2v) is 4.31. The van der Waals surface area contributed by atoms with Crippen molar-refractivity contribution >= 4 is 17.7 Å². The fraction of sp³-hybridized carbons (Fsp3) is 0.400. The van der Waals surface area contributed by atoms with Crippen molar-refractivity contribution in [1.82, 2.24) is 0 Å². The van der Waals surface area contributed by atoms with Gasteiger partial charge in [0.15, 0.2) is 5.78 Å². The minimum Gasteiger partial charge on any atom is -0.462 e. The first-order valence-corrected chi connectivity index (χ1v) is 6.49. The maximum Gasteiger partial charge on any atom is 0.339 e. The fourth-order valence-corrected chi connectivity index (χ4v) is 1.47. The van der Waals surface area contributed by atoms with Crippen LogP contribution in [0.3, 0.4) is 0 Å². The van der Waals surface area contributed by atoms with Gasteiger partial charge in [-0.25, -0.2) is 9.59 Å². The molecule has 0 heterocycles. The van der Waals surface area contributed by atoms with Gasteiger partial charge in [-0.1, -0.05) is 25.5 Å². The molecule has 5 nitrogen and oxygen atoms in total. The molecule has 0 radical (unpaired) electrons. The molecule has 0 spiro atoms. The van der Waals surface area contributed by atoms with E-state index >= 15 is 0 Å². The zero-order chi connectivity index (χ0) is 15.0. The minimum absolute atomic E-state index is 0.107. The Morgan fingerprint density at radius 3 is 2.05 bits per heavy atom. The molecule has 5 heteroatoms. The molecule has 0 aliphatic rings. The summed E-state index contributed by atoms with van der Waals surface area (Å²) >= 11 is 0. The second-order valence-electron chi connectivity index (χ2n) is 4.31. The molecule has 1 rings (SSSR count). The van der Waals surface area contributed by atoms with Crippen molar-refractivity contribution in [3.63, 3.8) is 0 Å². The summed E-state index contributed by atoms with van der Waals surface area (Å²) < 4.78 is 9.88. The summed E-state index contributed by atoms with van der Waals surface area (Å²) in [5.74, 6) is -1.53. The van der Waals surface area contributed by atoms with Crippen molar-refractivity contribution in [2.24, 2.45) is 0 Å². The zero-order valence-corrected chi connectivity index (χ0v) is 11.7. The molecular weight excluding hydrogens is 260 g/mol. The van der Waals surface area contributed by atoms with Crippen LogP contribution in [-0.2, 0) is 14.3 Å². The third-order valence-corrected chi connectivity index (χ3v) is 2.50. The van der Waals surface area contributed by atoms with E-state index in [2.05, 4.69) is 0 Å². The van der Waals surface area contributed by atoms with Crippen molar-refractivity contribution in [3.05, 3.63) is 35.4 Å². The summed E-state index contributed by atoms with van der Waals surface area (Å²) in [6, 6.07) is 6.23. The van der Waals surface area contributed by atoms with Crippen LogP contribution < -0.4 is 0 Å². The number of hydrogen-bond acceptors (Lipinski definition) is 5. The smallest absolute Gasteiger partial charge is 0.339 e. The lowest BCUT2D eigenvalue weighted by molar-refractivity contribution is -0.120. The normalized spacial score (nSPS) is 9.90. The Kier molecular flexibility index (Phi) is 6.43. The van der Waals surface area contributed by atoms with Crippen molar-refractivity contribution in [2.45, 2.75) is 26.7 Å². The lowest BCUT2D eigenvalue weighted by atomic mass is 10.1. The second kappa shape index (κ2) is 8.09. The topological polar surface area (TPSA) is 69.7 Å². The van der Waals surface area contributed by atoms with Crippen LogP contribution in [0.25, 0.3) is 0 Å². The molecule has 0 unspecified atom stereocenters. The molecule has 0 saturated carbocycles. The molecular formula is C15H18O5. The Bertz CT molecular complexity index is 493. The monoisotopic (exact) mass is 278 g/mol. The van der Waals surface area contributed by atoms with Gasteiger partial charge in [0.25, 0.3) is 0 Å². The lowest BCUT2D eigenvalue weighted by Crippen LogP contribution is -2.16. The summed E-state index contributed by atoms with van der Waals surface area (Å²) in [4.78, 5) is 34.5. The number of carbonyl (C=O) groups excluding carboxylic acids is 3. The zero-order valence-electron chi connectivity index (χ0n) is 11.7. The first-order valence-electron chi connectivity index (χ1n) is 6.49. The van der Waals surface area contributed by atoms with Gasteiger partial charge < -0.3 is 9.47 Å². The summed E-state index contributed by atoms with van der Waals surface area (Å²) in [6.07, 6.45) is 1.68. The van der Waals surface area contributed by atoms with Gasteiger partial charge >= 0.3 is 11.9 Å². The van der Waals surface area contributed by atoms with Gasteiger partial charge in [-0.15, -0.1) is 0 Å². The average molecular weight is 278 g/mol. The summed E-state index contributed by atoms with van der Waals surface area (Å²) in [5.41, 5.74) is 0.257. The van der Waals surface area contributed by atoms with Gasteiger partial charge in [0.05, 0.1) is 17.7 Å². The number of ether oxygens (including phenoxy) is 2. The van der Waals surface area contributed by atoms with Crippen molar-refractivity contribution in [2.75, 3.05) is 13.2 Å². The van der Waals surface area contributed by atoms with Crippen LogP contribution in [0.15, 0.2) is 24.3 Å². The summed E-state index contributed by atoms with van der Waals surface area (Å²) in [5, 5.41) is 0. The van der Waals surface area contributed by atoms with E-state index < -0.39 is 11.9 Å². The van der Waals surface area contributed by atoms with Crippen LogP contribution in [0.1, 0.15) is 47.4 Å². The molecule has 0 aliphatic heterocycles. The van der Waals surface area contributed by atoms with Gasteiger partial charge in [-0.05, 0) is 25.5 Å². The number of rotatable bonds is 7. The van der Waals surface area contributed by atoms with E-state index in [1.54, 1.807) is 12.1 Å². The highest BCUT2D eigenvalue weighted by atomic mass is 16.5. The number of ketones is 1. The van der Waals surface area contributed by atoms with Crippen LogP contribution in [0, 0.1) is 0 Å². The predicted molar refractivity (Wildman–Crippen MR) is 72.6 cm³/mol. The van der Waals surface area contributed by atoms with E-state index in [-0.39, 0.29) is 23.5 Å². The number of Topliss-reactive ketones (excluding diaryl/α,β-unsaturated/α-hetero) is 1. The molecule has 0 N–H and O–H groups in total. The third-order valence-electron chi connectivity index (χ3n) is 2.50. The lowest BCUT2D eigenvalue weighted by Gasteiger charge is -2.08. The Balaban J connectivity index is 2.79. The van der Waals surface area contributed by atoms with Crippen LogP contribution in [-0.4, -0.2) is 30.9 Å². The van der Waals surface area contributed by atoms with Crippen LogP contribution in [0.2, 0.25) is 0 Å². The quantitative estimate of drug-likeness (QED) is 0.565. The van der Waals surface area contributed by atoms with E-state index in [0.29, 0.717) is 6.61 Å². The summed E-state index contributed by atoms with van der Waals surface area (Å²) in [7, 11) is 0. The molecule has 0 atom stereocenters. The molecule has 0 amide bonds. The van der Waals surface area contributed by atoms with E-state index in [4.69, 9.17) is 9.47 Å². The largest absolute Gasteiger partial charge is 0.462 e. The number of unbranched alkanes of at least 4 members (excludes halogenated alkanes) is 1. The molecule has 108 valence electrons. The van der Waals surface area contributed by atoms with Gasteiger partial charge in [0, 0.05) is 0 Å². The Hall–Kier alpha value is -2.17. The maximum atomic E-state index is 11.9. The number of hydrogen-bond donors (Lipinski definition) is 0. The van der Waals surface area contributed by atoms with E-state index in [1.165, 1.54) is 19.1 Å². The van der Waals surface area contributed by atoms with E-state index in [1.807, 2.05) is 6.92 Å². The molecule has 0 fully saturated rings. The minimum atomic E-state index is -0.705. The molecule has 0 bridgehead atoms. The van der Waals surface area contributed by atoms with Crippen LogP contribution in [0.5, 0.6) is 0 Å². The predicted octanol–water partition coefficient (Wildman–Crippen LogP) is 2.39. The Morgan fingerprint density at radius 2 is 1.55 bits per heavy atom. The van der Waals surface area contributed by atoms with E-state index in [9.17, 15) is 14.4 Å². The highest BCUT2D eigenvalue weighted by molar-refractivity contribution is 6.03. The molecule has 1 aromatic rings. The molecule has 0 saturated heterocycles. The number of carbonyl (C=O) groups is 3. The highest BCUT2D eigenvalue weighted by Gasteiger charge is 2.19. The Labute approximate surface area is 117 Å². The first kappa shape index (κ1) is 15.9. The maximum absolute atomic E-state index is 11.9. The van der Waals surface area contributed by atoms with Crippen molar-refractivity contribution in [3.8, 4) is 0 Å². The van der Waals surface area contributed by atoms with Crippen LogP contribution >= 0.6 is 0 Å². The Morgan fingerprint density at radius 1 is 1.00 bits per heavy atom. The highest BCUT2D eigenvalue weighted by Crippen LogP contribution is 2.12. The molecule has 20 heavy (non-hydrogen) atoms. The van der Waals surface area contributed by atoms with Gasteiger partial charge in [0.2, 0.25) is 0 Å². The summed E-state index contributed by atoms with van der Waals surface area (Å²) in [6.45, 7) is 3.31. The molecule has 0 aliphatic carbocycles.